The molecule has 2 N–H and O–H groups in total. The van der Waals surface area contributed by atoms with E-state index in [1.165, 1.54) is 7.11 Å². The third-order valence-corrected chi connectivity index (χ3v) is 1.61. The van der Waals surface area contributed by atoms with Crippen molar-refractivity contribution in [3.63, 3.8) is 0 Å². The third kappa shape index (κ3) is 3.55. The Morgan fingerprint density at radius 2 is 2.33 bits per heavy atom. The number of methoxy groups -OCH3 is 1. The number of pyridine rings is 1. The molecule has 0 aliphatic rings. The predicted octanol–water partition coefficient (Wildman–Crippen LogP) is 0.594. The Hall–Kier alpha value is -1.62. The topological polar surface area (TPSA) is 74.4 Å². The Morgan fingerprint density at radius 3 is 2.93 bits per heavy atom. The second-order valence-electron chi connectivity index (χ2n) is 3.14. The number of ether oxygens (including phenoxy) is 2. The van der Waals surface area contributed by atoms with Gasteiger partial charge in [-0.05, 0) is 13.0 Å². The van der Waals surface area contributed by atoms with Gasteiger partial charge in [-0.25, -0.2) is 9.78 Å². The molecule has 1 rings (SSSR count). The number of rotatable bonds is 4. The minimum absolute atomic E-state index is 0.0754. The highest BCUT2D eigenvalue weighted by Crippen LogP contribution is 2.08. The summed E-state index contributed by atoms with van der Waals surface area (Å²) in [7, 11) is 1.31. The Morgan fingerprint density at radius 1 is 1.60 bits per heavy atom. The second-order valence-corrected chi connectivity index (χ2v) is 3.14. The molecular formula is C10H14N2O3. The van der Waals surface area contributed by atoms with Crippen LogP contribution in [0.1, 0.15) is 17.4 Å². The van der Waals surface area contributed by atoms with Gasteiger partial charge in [0.05, 0.1) is 7.11 Å². The van der Waals surface area contributed by atoms with Crippen LogP contribution >= 0.6 is 0 Å². The first kappa shape index (κ1) is 11.5. The van der Waals surface area contributed by atoms with Gasteiger partial charge in [0.25, 0.3) is 0 Å². The van der Waals surface area contributed by atoms with Gasteiger partial charge in [0.15, 0.2) is 5.69 Å². The zero-order valence-electron chi connectivity index (χ0n) is 8.77. The molecule has 1 aromatic rings. The van der Waals surface area contributed by atoms with E-state index < -0.39 is 5.97 Å². The summed E-state index contributed by atoms with van der Waals surface area (Å²) in [4.78, 5) is 15.1. The van der Waals surface area contributed by atoms with Crippen LogP contribution in [0.15, 0.2) is 18.2 Å². The monoisotopic (exact) mass is 210 g/mol. The van der Waals surface area contributed by atoms with Crippen LogP contribution in [0.2, 0.25) is 0 Å². The number of nitrogens with zero attached hydrogens (tertiary/aromatic N) is 1. The van der Waals surface area contributed by atoms with E-state index in [0.717, 1.165) is 0 Å². The highest BCUT2D eigenvalue weighted by molar-refractivity contribution is 5.87. The number of nitrogens with two attached hydrogens (primary N) is 1. The molecule has 0 fully saturated rings. The van der Waals surface area contributed by atoms with Gasteiger partial charge in [-0.2, -0.15) is 0 Å². The number of hydrogen-bond donors (Lipinski definition) is 1. The Bertz CT molecular complexity index is 339. The molecule has 0 aliphatic heterocycles. The van der Waals surface area contributed by atoms with Crippen molar-refractivity contribution >= 4 is 5.97 Å². The first-order valence-electron chi connectivity index (χ1n) is 4.57. The van der Waals surface area contributed by atoms with Crippen LogP contribution in [-0.4, -0.2) is 30.7 Å². The average molecular weight is 210 g/mol. The average Bonchev–Trinajstić information content (AvgIpc) is 2.25. The van der Waals surface area contributed by atoms with Crippen LogP contribution in [0.25, 0.3) is 0 Å². The summed E-state index contributed by atoms with van der Waals surface area (Å²) in [5.74, 6) is -0.114. The SMILES string of the molecule is COC(=O)c1cccc(OC[C@@H](C)N)n1. The summed E-state index contributed by atoms with van der Waals surface area (Å²) < 4.78 is 9.79. The van der Waals surface area contributed by atoms with Crippen molar-refractivity contribution < 1.29 is 14.3 Å². The van der Waals surface area contributed by atoms with Gasteiger partial charge < -0.3 is 15.2 Å². The van der Waals surface area contributed by atoms with Crippen molar-refractivity contribution in [3.8, 4) is 5.88 Å². The summed E-state index contributed by atoms with van der Waals surface area (Å²) in [6.07, 6.45) is 0. The molecule has 1 atom stereocenters. The minimum Gasteiger partial charge on any atom is -0.476 e. The maximum Gasteiger partial charge on any atom is 0.356 e. The van der Waals surface area contributed by atoms with E-state index in [2.05, 4.69) is 9.72 Å². The summed E-state index contributed by atoms with van der Waals surface area (Å²) in [5, 5.41) is 0. The fourth-order valence-electron chi connectivity index (χ4n) is 0.930. The van der Waals surface area contributed by atoms with Gasteiger partial charge in [0.1, 0.15) is 6.61 Å². The molecule has 0 unspecified atom stereocenters. The maximum atomic E-state index is 11.1. The van der Waals surface area contributed by atoms with Crippen molar-refractivity contribution in [2.75, 3.05) is 13.7 Å². The molecule has 0 aliphatic carbocycles. The Labute approximate surface area is 88.2 Å². The molecule has 0 aromatic carbocycles. The van der Waals surface area contributed by atoms with Crippen molar-refractivity contribution in [2.45, 2.75) is 13.0 Å². The summed E-state index contributed by atoms with van der Waals surface area (Å²) >= 11 is 0. The molecule has 82 valence electrons. The van der Waals surface area contributed by atoms with Crippen molar-refractivity contribution in [2.24, 2.45) is 5.73 Å². The number of carbonyl (C=O) groups is 1. The largest absolute Gasteiger partial charge is 0.476 e. The van der Waals surface area contributed by atoms with Gasteiger partial charge in [0, 0.05) is 12.1 Å². The lowest BCUT2D eigenvalue weighted by molar-refractivity contribution is 0.0592. The van der Waals surface area contributed by atoms with E-state index >= 15 is 0 Å². The van der Waals surface area contributed by atoms with E-state index in [-0.39, 0.29) is 11.7 Å². The number of carbonyl (C=O) groups excluding carboxylic acids is 1. The lowest BCUT2D eigenvalue weighted by atomic mass is 10.3. The highest BCUT2D eigenvalue weighted by atomic mass is 16.5. The van der Waals surface area contributed by atoms with Crippen molar-refractivity contribution in [1.29, 1.82) is 0 Å². The molecule has 0 spiro atoms. The standard InChI is InChI=1S/C10H14N2O3/c1-7(11)6-15-9-5-3-4-8(12-9)10(13)14-2/h3-5,7H,6,11H2,1-2H3/t7-/m1/s1. The van der Waals surface area contributed by atoms with Crippen LogP contribution in [-0.2, 0) is 4.74 Å². The van der Waals surface area contributed by atoms with Crippen LogP contribution in [0.5, 0.6) is 5.88 Å². The molecule has 0 radical (unpaired) electrons. The molecule has 5 nitrogen and oxygen atoms in total. The molecule has 1 heterocycles. The summed E-state index contributed by atoms with van der Waals surface area (Å²) in [5.41, 5.74) is 5.74. The van der Waals surface area contributed by atoms with Crippen LogP contribution in [0, 0.1) is 0 Å². The van der Waals surface area contributed by atoms with Crippen molar-refractivity contribution in [1.82, 2.24) is 4.98 Å². The van der Waals surface area contributed by atoms with Gasteiger partial charge in [-0.1, -0.05) is 6.07 Å². The van der Waals surface area contributed by atoms with Crippen LogP contribution in [0.4, 0.5) is 0 Å². The molecule has 0 bridgehead atoms. The molecule has 15 heavy (non-hydrogen) atoms. The van der Waals surface area contributed by atoms with E-state index in [9.17, 15) is 4.79 Å². The molecule has 1 aromatic heterocycles. The highest BCUT2D eigenvalue weighted by Gasteiger charge is 2.08. The summed E-state index contributed by atoms with van der Waals surface area (Å²) in [6, 6.07) is 4.82. The fraction of sp³-hybridized carbons (Fsp3) is 0.400. The number of esters is 1. The van der Waals surface area contributed by atoms with Gasteiger partial charge in [-0.15, -0.1) is 0 Å². The zero-order valence-corrected chi connectivity index (χ0v) is 8.77. The van der Waals surface area contributed by atoms with E-state index in [1.54, 1.807) is 18.2 Å². The molecule has 0 saturated heterocycles. The lowest BCUT2D eigenvalue weighted by Crippen LogP contribution is -2.24. The van der Waals surface area contributed by atoms with Gasteiger partial charge >= 0.3 is 5.97 Å². The normalized spacial score (nSPS) is 11.9. The molecule has 5 heteroatoms. The van der Waals surface area contributed by atoms with Gasteiger partial charge in [0.2, 0.25) is 5.88 Å². The molecule has 0 amide bonds. The molecule has 0 saturated carbocycles. The van der Waals surface area contributed by atoms with Crippen LogP contribution in [0.3, 0.4) is 0 Å². The predicted molar refractivity (Wildman–Crippen MR) is 54.7 cm³/mol. The fourth-order valence-corrected chi connectivity index (χ4v) is 0.930. The van der Waals surface area contributed by atoms with Gasteiger partial charge in [-0.3, -0.25) is 0 Å². The van der Waals surface area contributed by atoms with E-state index in [1.807, 2.05) is 6.92 Å². The lowest BCUT2D eigenvalue weighted by Gasteiger charge is -2.08. The third-order valence-electron chi connectivity index (χ3n) is 1.61. The first-order valence-corrected chi connectivity index (χ1v) is 4.57. The Kier molecular flexibility index (Phi) is 4.05. The Balaban J connectivity index is 2.70. The number of aromatic nitrogens is 1. The number of hydrogen-bond acceptors (Lipinski definition) is 5. The maximum absolute atomic E-state index is 11.1. The zero-order chi connectivity index (χ0) is 11.3. The quantitative estimate of drug-likeness (QED) is 0.736. The molecular weight excluding hydrogens is 196 g/mol. The smallest absolute Gasteiger partial charge is 0.356 e. The van der Waals surface area contributed by atoms with Crippen LogP contribution < -0.4 is 10.5 Å². The minimum atomic E-state index is -0.485. The second kappa shape index (κ2) is 5.31. The first-order chi connectivity index (χ1) is 7.13. The van der Waals surface area contributed by atoms with E-state index in [4.69, 9.17) is 10.5 Å². The van der Waals surface area contributed by atoms with E-state index in [0.29, 0.717) is 12.5 Å². The van der Waals surface area contributed by atoms with Crippen molar-refractivity contribution in [3.05, 3.63) is 23.9 Å². The summed E-state index contributed by atoms with van der Waals surface area (Å²) in [6.45, 7) is 2.18.